The predicted octanol–water partition coefficient (Wildman–Crippen LogP) is 4.01. The molecule has 6 aromatic rings. The number of rotatable bonds is 9. The minimum atomic E-state index is -1.52. The van der Waals surface area contributed by atoms with Crippen LogP contribution in [0.1, 0.15) is 113 Å². The fourth-order valence-corrected chi connectivity index (χ4v) is 13.1. The van der Waals surface area contributed by atoms with Gasteiger partial charge in [0, 0.05) is 74.0 Å². The van der Waals surface area contributed by atoms with E-state index in [9.17, 15) is 65.9 Å². The second-order valence-corrected chi connectivity index (χ2v) is 24.5. The number of pyridine rings is 2. The molecule has 5 N–H and O–H groups in total. The van der Waals surface area contributed by atoms with Gasteiger partial charge in [-0.25, -0.2) is 18.0 Å². The molecule has 9 heterocycles. The molecule has 1 spiro atoms. The zero-order chi connectivity index (χ0) is 69.8. The number of ether oxygens (including phenoxy) is 3. The summed E-state index contributed by atoms with van der Waals surface area (Å²) < 4.78 is 58.9. The van der Waals surface area contributed by atoms with Crippen LogP contribution < -0.4 is 40.8 Å². The predicted molar refractivity (Wildman–Crippen MR) is 335 cm³/mol. The van der Waals surface area contributed by atoms with Gasteiger partial charge in [-0.2, -0.15) is 0 Å². The molecule has 7 aliphatic heterocycles. The van der Waals surface area contributed by atoms with E-state index in [0.29, 0.717) is 57.5 Å². The number of hydrogen-bond donors (Lipinski definition) is 5. The van der Waals surface area contributed by atoms with Crippen molar-refractivity contribution in [2.75, 3.05) is 41.0 Å². The maximum atomic E-state index is 14.8. The third-order valence-electron chi connectivity index (χ3n) is 18.2. The van der Waals surface area contributed by atoms with Crippen LogP contribution >= 0.6 is 0 Å². The highest BCUT2D eigenvalue weighted by molar-refractivity contribution is 6.11. The molecule has 0 radical (unpaired) electrons. The monoisotopic (exact) mass is 1330 g/mol. The Morgan fingerprint density at radius 2 is 0.939 bits per heavy atom. The first-order chi connectivity index (χ1) is 46.8. The van der Waals surface area contributed by atoms with E-state index in [2.05, 4.69) is 72.1 Å². The lowest BCUT2D eigenvalue weighted by Crippen LogP contribution is -2.42. The smallest absolute Gasteiger partial charge is 0.322 e. The van der Waals surface area contributed by atoms with Gasteiger partial charge in [0.05, 0.1) is 63.0 Å². The van der Waals surface area contributed by atoms with Crippen LogP contribution in [-0.2, 0) is 65.2 Å². The van der Waals surface area contributed by atoms with Crippen LogP contribution in [0, 0.1) is 83.1 Å². The summed E-state index contributed by atoms with van der Waals surface area (Å²) in [7, 11) is 3.95. The lowest BCUT2D eigenvalue weighted by Gasteiger charge is -2.25. The highest BCUT2D eigenvalue weighted by atomic mass is 19.1. The van der Waals surface area contributed by atoms with E-state index < -0.39 is 104 Å². The Morgan fingerprint density at radius 1 is 0.500 bits per heavy atom. The van der Waals surface area contributed by atoms with Crippen molar-refractivity contribution in [1.82, 2.24) is 51.3 Å². The zero-order valence-electron chi connectivity index (χ0n) is 53.0. The highest BCUT2D eigenvalue weighted by Crippen LogP contribution is 2.42. The largest absolute Gasteiger partial charge is 0.494 e. The van der Waals surface area contributed by atoms with Crippen LogP contribution in [0.2, 0.25) is 0 Å². The van der Waals surface area contributed by atoms with Gasteiger partial charge >= 0.3 is 6.03 Å². The number of carbonyl (C=O) groups is 11. The summed E-state index contributed by atoms with van der Waals surface area (Å²) in [5, 5.41) is 11.8. The molecular weight excluding hydrogens is 1270 g/mol. The fraction of sp³-hybridized carbons (Fsp3) is 0.282. The minimum absolute atomic E-state index is 0.0284. The molecule has 4 saturated heterocycles. The van der Waals surface area contributed by atoms with Crippen molar-refractivity contribution in [3.05, 3.63) is 181 Å². The molecule has 14 rings (SSSR count). The van der Waals surface area contributed by atoms with Crippen LogP contribution in [0.4, 0.5) is 18.0 Å². The molecule has 12 amide bonds. The summed E-state index contributed by atoms with van der Waals surface area (Å²) in [6.45, 7) is 3.46. The van der Waals surface area contributed by atoms with Gasteiger partial charge in [-0.15, -0.1) is 0 Å². The second-order valence-electron chi connectivity index (χ2n) is 24.5. The number of fused-ring (bicyclic) bond motifs is 5. The summed E-state index contributed by atoms with van der Waals surface area (Å²) in [6, 6.07) is 20.9. The molecule has 2 aromatic heterocycles. The zero-order valence-corrected chi connectivity index (χ0v) is 53.0. The normalized spacial score (nSPS) is 22.0. The molecule has 24 nitrogen and oxygen atoms in total. The molecule has 0 saturated carbocycles. The molecule has 1 unspecified atom stereocenters. The molecule has 8 aliphatic rings. The van der Waals surface area contributed by atoms with Crippen molar-refractivity contribution >= 4 is 65.1 Å². The number of halogens is 3. The van der Waals surface area contributed by atoms with E-state index in [1.54, 1.807) is 80.0 Å². The van der Waals surface area contributed by atoms with Gasteiger partial charge in [0.15, 0.2) is 34.7 Å². The lowest BCUT2D eigenvalue weighted by molar-refractivity contribution is -0.128. The molecule has 27 heteroatoms. The SMILES string of the molecule is COc1ccc2c(c1F)C(=O)N(C[C@@]1(C#Cc3ccc(C)nc3)CC(=O)NC1=O)C2.COc1ccc2c(c1F)C(=O)N(C[C@@]1(C#Cc3ccc4c(c3)CCC43NC(=O)NC3=O)CC(=O)NC1=O)C2.COc1ccc2c(c1F)C(=O)N(C[C@@]1(C#Cc3cccnc3C)CC(=O)NC1=O)C2. The molecule has 0 bridgehead atoms. The maximum Gasteiger partial charge on any atom is 0.322 e. The average Bonchev–Trinajstić information content (AvgIpc) is 1.57. The van der Waals surface area contributed by atoms with Gasteiger partial charge in [0.2, 0.25) is 35.4 Å². The third kappa shape index (κ3) is 11.9. The van der Waals surface area contributed by atoms with Crippen molar-refractivity contribution in [1.29, 1.82) is 0 Å². The number of amides is 12. The molecule has 98 heavy (non-hydrogen) atoms. The van der Waals surface area contributed by atoms with Gasteiger partial charge in [-0.3, -0.25) is 79.2 Å². The Balaban J connectivity index is 0.000000141. The van der Waals surface area contributed by atoms with Gasteiger partial charge in [-0.05, 0) is 109 Å². The van der Waals surface area contributed by atoms with Crippen LogP contribution in [0.3, 0.4) is 0 Å². The van der Waals surface area contributed by atoms with Crippen LogP contribution in [0.5, 0.6) is 17.2 Å². The van der Waals surface area contributed by atoms with Gasteiger partial charge < -0.3 is 34.2 Å². The number of imide groups is 4. The number of nitrogens with one attached hydrogen (secondary N) is 5. The van der Waals surface area contributed by atoms with E-state index in [0.717, 1.165) is 11.3 Å². The van der Waals surface area contributed by atoms with Crippen LogP contribution in [-0.4, -0.2) is 131 Å². The van der Waals surface area contributed by atoms with Crippen molar-refractivity contribution in [3.8, 4) is 52.8 Å². The Bertz CT molecular complexity index is 4780. The fourth-order valence-electron chi connectivity index (χ4n) is 13.1. The summed E-state index contributed by atoms with van der Waals surface area (Å²) in [4.78, 5) is 150. The number of hydrogen-bond acceptors (Lipinski definition) is 16. The molecule has 4 atom stereocenters. The van der Waals surface area contributed by atoms with E-state index >= 15 is 0 Å². The summed E-state index contributed by atoms with van der Waals surface area (Å²) in [5.41, 5.74) is 0.498. The standard InChI is InChI=1S/C27H21FN4O6.2C22H18FN3O4/c1-38-18-5-3-16-12-32(22(34)20(16)21(18)28)13-26(11-19(33)29-23(26)35)8-6-14-2-4-17-15(10-14)7-9-27(17)24(36)30-25(37)31-27;1-13-3-4-14(10-24-13)7-8-22(9-17(27)25-21(22)29)12-26-11-15-5-6-16(30-2)19(23)18(15)20(26)28;1-13-14(4-3-9-24-13)7-8-22(10-17(27)25-21(22)29)12-26-11-15-5-6-16(30-2)19(23)18(15)20(26)28/h2-5,10H,7,9,11-13H2,1H3,(H,29,33,35)(H2,30,31,36,37);3-6,10H,9,11-12H2,1-2H3,(H,25,27,29);3-6,9H,10-12H2,1-2H3,(H,25,27,29)/t26-,27?;2*22-/m111/s1. The van der Waals surface area contributed by atoms with Crippen molar-refractivity contribution in [2.45, 2.75) is 71.1 Å². The number of aryl methyl sites for hydroxylation is 3. The summed E-state index contributed by atoms with van der Waals surface area (Å²) >= 11 is 0. The highest BCUT2D eigenvalue weighted by Gasteiger charge is 2.54. The van der Waals surface area contributed by atoms with Crippen molar-refractivity contribution in [2.24, 2.45) is 16.2 Å². The number of benzene rings is 4. The number of nitrogens with zero attached hydrogens (tertiary/aromatic N) is 5. The maximum absolute atomic E-state index is 14.8. The number of carbonyl (C=O) groups excluding carboxylic acids is 11. The van der Waals surface area contributed by atoms with E-state index in [-0.39, 0.29) is 92.5 Å². The first-order valence-corrected chi connectivity index (χ1v) is 30.5. The molecule has 4 aromatic carbocycles. The Kier molecular flexibility index (Phi) is 17.1. The first kappa shape index (κ1) is 65.9. The van der Waals surface area contributed by atoms with Crippen LogP contribution in [0.15, 0.2) is 91.3 Å². The van der Waals surface area contributed by atoms with E-state index in [1.165, 1.54) is 54.2 Å². The quantitative estimate of drug-likeness (QED) is 0.0776. The second kappa shape index (κ2) is 25.5. The number of methoxy groups -OCH3 is 3. The average molecular weight is 1330 g/mol. The van der Waals surface area contributed by atoms with E-state index in [4.69, 9.17) is 14.2 Å². The first-order valence-electron chi connectivity index (χ1n) is 30.5. The Hall–Kier alpha value is -12.2. The van der Waals surface area contributed by atoms with Gasteiger partial charge in [0.25, 0.3) is 23.6 Å². The van der Waals surface area contributed by atoms with Gasteiger partial charge in [-0.1, -0.05) is 59.8 Å². The summed E-state index contributed by atoms with van der Waals surface area (Å²) in [6.07, 6.45) is 3.56. The van der Waals surface area contributed by atoms with Crippen molar-refractivity contribution < 1.29 is 80.1 Å². The molecule has 4 fully saturated rings. The van der Waals surface area contributed by atoms with Crippen molar-refractivity contribution in [3.63, 3.8) is 0 Å². The minimum Gasteiger partial charge on any atom is -0.494 e. The molecule has 1 aliphatic carbocycles. The summed E-state index contributed by atoms with van der Waals surface area (Å²) in [5.74, 6) is 9.81. The Morgan fingerprint density at radius 3 is 1.33 bits per heavy atom. The number of aromatic nitrogens is 2. The van der Waals surface area contributed by atoms with Gasteiger partial charge in [0.1, 0.15) is 21.8 Å². The lowest BCUT2D eigenvalue weighted by atomic mass is 9.85. The van der Waals surface area contributed by atoms with E-state index in [1.807, 2.05) is 6.92 Å². The Labute approximate surface area is 556 Å². The molecular formula is C71H57F3N10O14. The third-order valence-corrected chi connectivity index (χ3v) is 18.2. The number of urea groups is 1. The van der Waals surface area contributed by atoms with Crippen LogP contribution in [0.25, 0.3) is 0 Å². The molecule has 496 valence electrons. The topological polar surface area (TPSA) is 311 Å².